The van der Waals surface area contributed by atoms with Gasteiger partial charge in [-0.2, -0.15) is 0 Å². The van der Waals surface area contributed by atoms with Crippen LogP contribution in [0.1, 0.15) is 12.6 Å². The third-order valence-electron chi connectivity index (χ3n) is 4.15. The number of aromatic nitrogens is 1. The van der Waals surface area contributed by atoms with Crippen molar-refractivity contribution in [1.29, 1.82) is 0 Å². The molecule has 2 aliphatic rings. The van der Waals surface area contributed by atoms with Crippen LogP contribution in [0.2, 0.25) is 0 Å². The number of amides is 2. The first-order chi connectivity index (χ1) is 14.2. The standard InChI is InChI=1S/C16H17N5O7S2.Na/c1-6(22)28-3-7-4-29-14-10(13(24)21(14)11(7)15(25)26)19-12(23)9(20-27-2)8-5-30-16(17)18-8;/h5,10,14H,3-4H2,1-2H3,(H2,17,18)(H,19,23)(H,25,26);/q;+1/b20-9+;/t10-,14-;/m1./s1. The van der Waals surface area contributed by atoms with E-state index in [2.05, 4.69) is 20.3 Å². The number of oxime groups is 1. The number of ether oxygens (including phenoxy) is 1. The van der Waals surface area contributed by atoms with Gasteiger partial charge >= 0.3 is 41.5 Å². The Morgan fingerprint density at radius 3 is 2.71 bits per heavy atom. The second kappa shape index (κ2) is 10.5. The first-order valence-electron chi connectivity index (χ1n) is 8.41. The molecular weight excluding hydrogens is 461 g/mol. The van der Waals surface area contributed by atoms with Crippen molar-refractivity contribution in [2.45, 2.75) is 18.3 Å². The minimum atomic E-state index is -1.32. The van der Waals surface area contributed by atoms with E-state index in [-0.39, 0.29) is 64.2 Å². The van der Waals surface area contributed by atoms with Crippen molar-refractivity contribution < 1.29 is 63.4 Å². The van der Waals surface area contributed by atoms with Gasteiger partial charge in [0.2, 0.25) is 0 Å². The number of β-lactam (4-membered cyclic amide) rings is 1. The van der Waals surface area contributed by atoms with E-state index in [9.17, 15) is 24.3 Å². The summed E-state index contributed by atoms with van der Waals surface area (Å²) in [4.78, 5) is 57.8. The van der Waals surface area contributed by atoms with E-state index in [1.165, 1.54) is 31.2 Å². The second-order valence-electron chi connectivity index (χ2n) is 6.09. The largest absolute Gasteiger partial charge is 1.00 e. The number of carboxylic acid groups (broad SMARTS) is 1. The quantitative estimate of drug-likeness (QED) is 0.117. The minimum absolute atomic E-state index is 0. The number of thioether (sulfide) groups is 1. The number of rotatable bonds is 7. The molecule has 3 heterocycles. The fourth-order valence-electron chi connectivity index (χ4n) is 2.88. The van der Waals surface area contributed by atoms with Crippen LogP contribution in [0, 0.1) is 0 Å². The molecule has 2 atom stereocenters. The summed E-state index contributed by atoms with van der Waals surface area (Å²) < 4.78 is 4.88. The minimum Gasteiger partial charge on any atom is -0.477 e. The van der Waals surface area contributed by atoms with Crippen molar-refractivity contribution >= 4 is 57.7 Å². The maximum Gasteiger partial charge on any atom is 1.00 e. The van der Waals surface area contributed by atoms with Crippen LogP contribution in [-0.2, 0) is 28.8 Å². The number of nitrogen functional groups attached to an aromatic ring is 1. The molecule has 1 saturated heterocycles. The number of esters is 1. The summed E-state index contributed by atoms with van der Waals surface area (Å²) in [5.74, 6) is -2.98. The number of aliphatic carboxylic acids is 1. The molecule has 2 amide bonds. The van der Waals surface area contributed by atoms with Gasteiger partial charge in [-0.3, -0.25) is 19.3 Å². The van der Waals surface area contributed by atoms with Crippen LogP contribution < -0.4 is 40.6 Å². The number of anilines is 1. The number of hydrogen-bond acceptors (Lipinski definition) is 11. The van der Waals surface area contributed by atoms with E-state index in [1.54, 1.807) is 0 Å². The third-order valence-corrected chi connectivity index (χ3v) is 6.16. The Labute approximate surface area is 206 Å². The summed E-state index contributed by atoms with van der Waals surface area (Å²) in [6.07, 6.45) is 0. The molecule has 1 fully saturated rings. The molecule has 15 heteroatoms. The molecule has 160 valence electrons. The van der Waals surface area contributed by atoms with Crippen LogP contribution in [0.4, 0.5) is 5.13 Å². The molecule has 1 aromatic heterocycles. The molecule has 0 aliphatic carbocycles. The Bertz CT molecular complexity index is 979. The van der Waals surface area contributed by atoms with Crippen molar-refractivity contribution in [3.05, 3.63) is 22.3 Å². The van der Waals surface area contributed by atoms with Crippen molar-refractivity contribution in [2.75, 3.05) is 25.2 Å². The van der Waals surface area contributed by atoms with Crippen LogP contribution >= 0.6 is 23.1 Å². The molecule has 0 unspecified atom stereocenters. The van der Waals surface area contributed by atoms with Crippen molar-refractivity contribution in [3.63, 3.8) is 0 Å². The summed E-state index contributed by atoms with van der Waals surface area (Å²) in [7, 11) is 1.25. The Balaban J connectivity index is 0.00000341. The summed E-state index contributed by atoms with van der Waals surface area (Å²) >= 11 is 2.35. The van der Waals surface area contributed by atoms with Gasteiger partial charge < -0.3 is 25.7 Å². The van der Waals surface area contributed by atoms with E-state index in [0.29, 0.717) is 5.57 Å². The van der Waals surface area contributed by atoms with Crippen molar-refractivity contribution in [2.24, 2.45) is 5.16 Å². The number of nitrogens with one attached hydrogen (secondary N) is 1. The zero-order valence-electron chi connectivity index (χ0n) is 16.8. The Morgan fingerprint density at radius 1 is 1.45 bits per heavy atom. The van der Waals surface area contributed by atoms with Gasteiger partial charge in [-0.05, 0) is 0 Å². The predicted octanol–water partition coefficient (Wildman–Crippen LogP) is -3.62. The van der Waals surface area contributed by atoms with Crippen molar-refractivity contribution in [1.82, 2.24) is 15.2 Å². The summed E-state index contributed by atoms with van der Waals surface area (Å²) in [5, 5.41) is 16.9. The normalized spacial score (nSPS) is 20.3. The summed E-state index contributed by atoms with van der Waals surface area (Å²) in [6.45, 7) is 0.975. The zero-order chi connectivity index (χ0) is 22.0. The second-order valence-corrected chi connectivity index (χ2v) is 8.09. The average molecular weight is 478 g/mol. The molecule has 31 heavy (non-hydrogen) atoms. The Hall–Kier alpha value is -2.13. The smallest absolute Gasteiger partial charge is 0.477 e. The van der Waals surface area contributed by atoms with Gasteiger partial charge in [0.25, 0.3) is 11.8 Å². The molecule has 0 radical (unpaired) electrons. The van der Waals surface area contributed by atoms with Gasteiger partial charge in [0.05, 0.1) is 0 Å². The molecule has 12 nitrogen and oxygen atoms in total. The number of carboxylic acids is 1. The van der Waals surface area contributed by atoms with Crippen LogP contribution in [0.15, 0.2) is 21.8 Å². The molecule has 0 spiro atoms. The van der Waals surface area contributed by atoms with E-state index >= 15 is 0 Å². The van der Waals surface area contributed by atoms with Gasteiger partial charge in [0, 0.05) is 23.6 Å². The van der Waals surface area contributed by atoms with Crippen LogP contribution in [0.3, 0.4) is 0 Å². The number of carbonyl (C=O) groups is 4. The number of fused-ring (bicyclic) bond motifs is 1. The van der Waals surface area contributed by atoms with E-state index in [1.807, 2.05) is 0 Å². The molecule has 2 aliphatic heterocycles. The SMILES string of the molecule is CO/N=C(/C(=O)N[C@@H]1C(=O)N2C(C(=O)O)=C(COC(C)=O)CS[C@H]12)c1csc(N)n1.[Na+]. The number of hydrogen-bond donors (Lipinski definition) is 3. The van der Waals surface area contributed by atoms with E-state index in [4.69, 9.17) is 10.5 Å². The monoisotopic (exact) mass is 478 g/mol. The topological polar surface area (TPSA) is 174 Å². The molecular formula is C16H17N5NaO7S2+. The number of nitrogens with zero attached hydrogens (tertiary/aromatic N) is 3. The van der Waals surface area contributed by atoms with Gasteiger partial charge in [0.15, 0.2) is 10.8 Å². The average Bonchev–Trinajstić information content (AvgIpc) is 3.13. The molecule has 0 bridgehead atoms. The molecule has 0 aromatic carbocycles. The van der Waals surface area contributed by atoms with Gasteiger partial charge in [-0.25, -0.2) is 9.78 Å². The first-order valence-corrected chi connectivity index (χ1v) is 10.3. The predicted molar refractivity (Wildman–Crippen MR) is 106 cm³/mol. The molecule has 0 saturated carbocycles. The Morgan fingerprint density at radius 2 is 2.16 bits per heavy atom. The molecule has 4 N–H and O–H groups in total. The van der Waals surface area contributed by atoms with E-state index in [0.717, 1.165) is 16.2 Å². The zero-order valence-corrected chi connectivity index (χ0v) is 20.4. The van der Waals surface area contributed by atoms with Gasteiger partial charge in [-0.1, -0.05) is 5.16 Å². The van der Waals surface area contributed by atoms with E-state index < -0.39 is 35.2 Å². The number of thiazole rings is 1. The number of nitrogens with two attached hydrogens (primary N) is 1. The molecule has 3 rings (SSSR count). The maximum atomic E-state index is 12.7. The maximum absolute atomic E-state index is 12.7. The van der Waals surface area contributed by atoms with Gasteiger partial charge in [-0.15, -0.1) is 23.1 Å². The molecule has 1 aromatic rings. The van der Waals surface area contributed by atoms with Crippen LogP contribution in [0.5, 0.6) is 0 Å². The third kappa shape index (κ3) is 5.20. The number of carbonyl (C=O) groups excluding carboxylic acids is 3. The fourth-order valence-corrected chi connectivity index (χ4v) is 4.76. The summed E-state index contributed by atoms with van der Waals surface area (Å²) in [5.41, 5.74) is 5.67. The van der Waals surface area contributed by atoms with Gasteiger partial charge in [0.1, 0.15) is 36.5 Å². The van der Waals surface area contributed by atoms with Crippen LogP contribution in [-0.4, -0.2) is 75.3 Å². The van der Waals surface area contributed by atoms with Crippen molar-refractivity contribution in [3.8, 4) is 0 Å². The summed E-state index contributed by atoms with van der Waals surface area (Å²) in [6, 6.07) is -0.967. The first kappa shape index (κ1) is 25.1. The fraction of sp³-hybridized carbons (Fsp3) is 0.375. The Kier molecular flexibility index (Phi) is 8.48. The van der Waals surface area contributed by atoms with Crippen LogP contribution in [0.25, 0.3) is 0 Å².